The fourth-order valence-corrected chi connectivity index (χ4v) is 6.21. The van der Waals surface area contributed by atoms with E-state index < -0.39 is 9.84 Å². The van der Waals surface area contributed by atoms with E-state index in [4.69, 9.17) is 0 Å². The number of likely N-dealkylation sites (tertiary alicyclic amines) is 2. The van der Waals surface area contributed by atoms with E-state index in [2.05, 4.69) is 36.3 Å². The van der Waals surface area contributed by atoms with Crippen molar-refractivity contribution in [1.29, 1.82) is 0 Å². The van der Waals surface area contributed by atoms with Crippen molar-refractivity contribution in [3.05, 3.63) is 54.4 Å². The highest BCUT2D eigenvalue weighted by Crippen LogP contribution is 2.34. The predicted octanol–water partition coefficient (Wildman–Crippen LogP) is 3.00. The molecule has 2 aliphatic heterocycles. The van der Waals surface area contributed by atoms with Crippen LogP contribution in [0.2, 0.25) is 0 Å². The first kappa shape index (κ1) is 23.9. The molecule has 5 heterocycles. The molecule has 0 amide bonds. The summed E-state index contributed by atoms with van der Waals surface area (Å²) in [4.78, 5) is 22.3. The van der Waals surface area contributed by atoms with Crippen LogP contribution in [-0.2, 0) is 16.4 Å². The number of hydrogen-bond donors (Lipinski definition) is 0. The fraction of sp³-hybridized carbons (Fsp3) is 0.520. The Bertz CT molecular complexity index is 1300. The number of imidazole rings is 1. The number of nitrogens with zero attached hydrogens (tertiary/aromatic N) is 7. The third kappa shape index (κ3) is 5.08. The van der Waals surface area contributed by atoms with Gasteiger partial charge in [-0.05, 0) is 57.8 Å². The van der Waals surface area contributed by atoms with Crippen LogP contribution >= 0.6 is 0 Å². The van der Waals surface area contributed by atoms with Crippen LogP contribution in [0.1, 0.15) is 43.1 Å². The lowest BCUT2D eigenvalue weighted by Crippen LogP contribution is -2.40. The van der Waals surface area contributed by atoms with Crippen LogP contribution in [0.5, 0.6) is 0 Å². The zero-order chi connectivity index (χ0) is 24.6. The third-order valence-electron chi connectivity index (χ3n) is 7.28. The van der Waals surface area contributed by atoms with Crippen molar-refractivity contribution in [1.82, 2.24) is 34.3 Å². The number of aromatic nitrogens is 5. The summed E-state index contributed by atoms with van der Waals surface area (Å²) in [5.74, 6) is 1.29. The standard InChI is InChI=1S/C25H33N7O2S/c1-18(21-6-11-30(12-7-21)17-20-15-27-19(2)28-16-20)31-13-8-22(9-14-31)32-24-23(5-4-10-26-24)29-25(32)35(3,33)34/h4-5,10,15-16,21-22H,1,6-9,11-14,17H2,2-3H3. The number of aryl methyl sites for hydroxylation is 1. The molecule has 35 heavy (non-hydrogen) atoms. The highest BCUT2D eigenvalue weighted by molar-refractivity contribution is 7.90. The molecule has 0 atom stereocenters. The minimum atomic E-state index is -3.45. The molecule has 0 N–H and O–H groups in total. The Balaban J connectivity index is 1.19. The van der Waals surface area contributed by atoms with Gasteiger partial charge < -0.3 is 4.90 Å². The number of piperidine rings is 2. The Kier molecular flexibility index (Phi) is 6.59. The zero-order valence-corrected chi connectivity index (χ0v) is 21.3. The van der Waals surface area contributed by atoms with Gasteiger partial charge in [0, 0.05) is 67.7 Å². The number of hydrogen-bond acceptors (Lipinski definition) is 8. The number of pyridine rings is 1. The second-order valence-corrected chi connectivity index (χ2v) is 11.7. The average molecular weight is 496 g/mol. The third-order valence-corrected chi connectivity index (χ3v) is 8.23. The highest BCUT2D eigenvalue weighted by atomic mass is 32.2. The monoisotopic (exact) mass is 495 g/mol. The Labute approximate surface area is 206 Å². The fourth-order valence-electron chi connectivity index (χ4n) is 5.35. The van der Waals surface area contributed by atoms with Crippen molar-refractivity contribution in [2.75, 3.05) is 32.4 Å². The largest absolute Gasteiger partial charge is 0.375 e. The van der Waals surface area contributed by atoms with E-state index in [1.807, 2.05) is 30.0 Å². The number of sulfone groups is 1. The van der Waals surface area contributed by atoms with Crippen molar-refractivity contribution >= 4 is 21.0 Å². The van der Waals surface area contributed by atoms with Gasteiger partial charge in [-0.2, -0.15) is 0 Å². The van der Waals surface area contributed by atoms with E-state index in [-0.39, 0.29) is 11.2 Å². The van der Waals surface area contributed by atoms with E-state index in [0.29, 0.717) is 17.1 Å². The van der Waals surface area contributed by atoms with Crippen LogP contribution in [0.4, 0.5) is 0 Å². The van der Waals surface area contributed by atoms with Crippen LogP contribution in [0.15, 0.2) is 48.2 Å². The summed E-state index contributed by atoms with van der Waals surface area (Å²) in [5.41, 5.74) is 3.66. The minimum absolute atomic E-state index is 0.0576. The molecule has 2 fully saturated rings. The maximum absolute atomic E-state index is 12.5. The zero-order valence-electron chi connectivity index (χ0n) is 20.5. The predicted molar refractivity (Wildman–Crippen MR) is 134 cm³/mol. The van der Waals surface area contributed by atoms with E-state index in [1.54, 1.807) is 12.3 Å². The number of allylic oxidation sites excluding steroid dienone is 1. The summed E-state index contributed by atoms with van der Waals surface area (Å²) >= 11 is 0. The molecule has 10 heteroatoms. The summed E-state index contributed by atoms with van der Waals surface area (Å²) in [7, 11) is -3.45. The summed E-state index contributed by atoms with van der Waals surface area (Å²) in [5, 5.41) is 0.120. The molecule has 3 aromatic heterocycles. The Morgan fingerprint density at radius 2 is 1.74 bits per heavy atom. The topological polar surface area (TPSA) is 97.1 Å². The summed E-state index contributed by atoms with van der Waals surface area (Å²) in [6.45, 7) is 11.1. The molecule has 0 radical (unpaired) electrons. The maximum Gasteiger partial charge on any atom is 0.229 e. The van der Waals surface area contributed by atoms with Crippen LogP contribution in [0.3, 0.4) is 0 Å². The Morgan fingerprint density at radius 1 is 1.06 bits per heavy atom. The van der Waals surface area contributed by atoms with Gasteiger partial charge in [-0.25, -0.2) is 28.4 Å². The number of rotatable bonds is 6. The molecule has 0 aliphatic carbocycles. The lowest BCUT2D eigenvalue weighted by Gasteiger charge is -2.40. The maximum atomic E-state index is 12.5. The molecule has 5 rings (SSSR count). The van der Waals surface area contributed by atoms with Crippen LogP contribution < -0.4 is 0 Å². The molecule has 0 unspecified atom stereocenters. The first-order valence-corrected chi connectivity index (χ1v) is 14.2. The van der Waals surface area contributed by atoms with E-state index >= 15 is 0 Å². The van der Waals surface area contributed by atoms with Gasteiger partial charge in [0.2, 0.25) is 15.0 Å². The second kappa shape index (κ2) is 9.66. The number of fused-ring (bicyclic) bond motifs is 1. The molecule has 3 aromatic rings. The van der Waals surface area contributed by atoms with Gasteiger partial charge in [0.1, 0.15) is 11.3 Å². The van der Waals surface area contributed by atoms with Gasteiger partial charge in [0.05, 0.1) is 0 Å². The van der Waals surface area contributed by atoms with E-state index in [0.717, 1.165) is 69.8 Å². The van der Waals surface area contributed by atoms with Gasteiger partial charge in [-0.15, -0.1) is 0 Å². The molecule has 0 spiro atoms. The van der Waals surface area contributed by atoms with Crippen LogP contribution in [0.25, 0.3) is 11.2 Å². The van der Waals surface area contributed by atoms with Crippen LogP contribution in [-0.4, -0.2) is 75.2 Å². The van der Waals surface area contributed by atoms with Gasteiger partial charge in [-0.3, -0.25) is 9.47 Å². The highest BCUT2D eigenvalue weighted by Gasteiger charge is 2.31. The molecule has 0 saturated carbocycles. The lowest BCUT2D eigenvalue weighted by atomic mass is 9.91. The van der Waals surface area contributed by atoms with Crippen molar-refractivity contribution in [2.45, 2.75) is 50.4 Å². The minimum Gasteiger partial charge on any atom is -0.375 e. The van der Waals surface area contributed by atoms with Crippen molar-refractivity contribution < 1.29 is 8.42 Å². The van der Waals surface area contributed by atoms with Crippen LogP contribution in [0, 0.1) is 12.8 Å². The van der Waals surface area contributed by atoms with Gasteiger partial charge in [-0.1, -0.05) is 6.58 Å². The van der Waals surface area contributed by atoms with Gasteiger partial charge in [0.25, 0.3) is 0 Å². The average Bonchev–Trinajstić information content (AvgIpc) is 3.26. The molecular formula is C25H33N7O2S. The van der Waals surface area contributed by atoms with E-state index in [1.165, 1.54) is 12.0 Å². The first-order chi connectivity index (χ1) is 16.8. The molecule has 2 saturated heterocycles. The van der Waals surface area contributed by atoms with Crippen molar-refractivity contribution in [2.24, 2.45) is 5.92 Å². The Morgan fingerprint density at radius 3 is 2.40 bits per heavy atom. The summed E-state index contributed by atoms with van der Waals surface area (Å²) < 4.78 is 26.8. The van der Waals surface area contributed by atoms with Crippen molar-refractivity contribution in [3.8, 4) is 0 Å². The van der Waals surface area contributed by atoms with Crippen molar-refractivity contribution in [3.63, 3.8) is 0 Å². The lowest BCUT2D eigenvalue weighted by molar-refractivity contribution is 0.153. The normalized spacial score (nSPS) is 18.9. The van der Waals surface area contributed by atoms with E-state index in [9.17, 15) is 8.42 Å². The second-order valence-electron chi connectivity index (χ2n) is 9.78. The Hall–Kier alpha value is -2.85. The molecule has 186 valence electrons. The van der Waals surface area contributed by atoms with Gasteiger partial charge >= 0.3 is 0 Å². The smallest absolute Gasteiger partial charge is 0.229 e. The first-order valence-electron chi connectivity index (χ1n) is 12.3. The van der Waals surface area contributed by atoms with Gasteiger partial charge in [0.15, 0.2) is 5.65 Å². The summed E-state index contributed by atoms with van der Waals surface area (Å²) in [6.07, 6.45) is 10.6. The summed E-state index contributed by atoms with van der Waals surface area (Å²) in [6, 6.07) is 3.67. The molecule has 2 aliphatic rings. The molecule has 9 nitrogen and oxygen atoms in total. The SMILES string of the molecule is C=C(C1CCN(Cc2cnc(C)nc2)CC1)N1CCC(n2c(S(C)(=O)=O)nc3cccnc32)CC1. The molecule has 0 bridgehead atoms. The molecular weight excluding hydrogens is 462 g/mol. The molecule has 0 aromatic carbocycles. The quantitative estimate of drug-likeness (QED) is 0.515.